The van der Waals surface area contributed by atoms with Crippen LogP contribution in [0.15, 0.2) is 0 Å². The summed E-state index contributed by atoms with van der Waals surface area (Å²) < 4.78 is 33.3. The Labute approximate surface area is 215 Å². The van der Waals surface area contributed by atoms with Crippen molar-refractivity contribution in [2.45, 2.75) is 47.0 Å². The quantitative estimate of drug-likeness (QED) is 0.176. The summed E-state index contributed by atoms with van der Waals surface area (Å²) in [5, 5.41) is 0. The third-order valence-corrected chi connectivity index (χ3v) is 5.97. The van der Waals surface area contributed by atoms with Crippen molar-refractivity contribution in [1.82, 2.24) is 9.80 Å². The van der Waals surface area contributed by atoms with Crippen molar-refractivity contribution < 1.29 is 28.4 Å². The van der Waals surface area contributed by atoms with Crippen LogP contribution in [0.1, 0.15) is 47.0 Å². The molecule has 35 heavy (non-hydrogen) atoms. The predicted molar refractivity (Wildman–Crippen MR) is 141 cm³/mol. The second-order valence-electron chi connectivity index (χ2n) is 10.1. The number of hydrogen-bond acceptors (Lipinski definition) is 8. The van der Waals surface area contributed by atoms with Crippen LogP contribution in [0.4, 0.5) is 0 Å². The normalized spacial score (nSPS) is 15.6. The lowest BCUT2D eigenvalue weighted by atomic mass is 10.1. The number of nitrogens with zero attached hydrogens (tertiary/aromatic N) is 2. The third kappa shape index (κ3) is 22.6. The van der Waals surface area contributed by atoms with Gasteiger partial charge in [0, 0.05) is 39.3 Å². The van der Waals surface area contributed by atoms with E-state index in [0.29, 0.717) is 72.0 Å². The molecule has 0 spiro atoms. The molecule has 1 rings (SSSR count). The van der Waals surface area contributed by atoms with Gasteiger partial charge in [-0.3, -0.25) is 4.90 Å². The molecule has 0 radical (unpaired) electrons. The number of piperazine rings is 1. The second kappa shape index (κ2) is 24.0. The Kier molecular flexibility index (Phi) is 22.5. The molecule has 210 valence electrons. The lowest BCUT2D eigenvalue weighted by Crippen LogP contribution is -2.47. The Morgan fingerprint density at radius 2 is 0.771 bits per heavy atom. The molecule has 0 aromatic carbocycles. The molecule has 1 heterocycles. The van der Waals surface area contributed by atoms with Crippen molar-refractivity contribution in [1.29, 1.82) is 0 Å². The van der Waals surface area contributed by atoms with E-state index in [1.165, 1.54) is 32.5 Å². The highest BCUT2D eigenvalue weighted by molar-refractivity contribution is 4.71. The fourth-order valence-corrected chi connectivity index (χ4v) is 3.67. The Hall–Kier alpha value is -0.320. The first kappa shape index (κ1) is 32.7. The number of hydrogen-bond donors (Lipinski definition) is 0. The summed E-state index contributed by atoms with van der Waals surface area (Å²) in [4.78, 5) is 5.11. The van der Waals surface area contributed by atoms with Crippen LogP contribution < -0.4 is 0 Å². The van der Waals surface area contributed by atoms with Gasteiger partial charge in [0.05, 0.1) is 72.7 Å². The van der Waals surface area contributed by atoms with Crippen LogP contribution in [0.5, 0.6) is 0 Å². The van der Waals surface area contributed by atoms with Gasteiger partial charge in [-0.2, -0.15) is 0 Å². The second-order valence-corrected chi connectivity index (χ2v) is 10.1. The van der Waals surface area contributed by atoms with Crippen LogP contribution in [0.3, 0.4) is 0 Å². The molecule has 0 N–H and O–H groups in total. The van der Waals surface area contributed by atoms with Crippen molar-refractivity contribution in [3.05, 3.63) is 0 Å². The van der Waals surface area contributed by atoms with Gasteiger partial charge in [-0.1, -0.05) is 27.7 Å². The largest absolute Gasteiger partial charge is 0.379 e. The van der Waals surface area contributed by atoms with Crippen LogP contribution >= 0.6 is 0 Å². The van der Waals surface area contributed by atoms with E-state index in [0.717, 1.165) is 45.2 Å². The van der Waals surface area contributed by atoms with E-state index in [1.54, 1.807) is 0 Å². The van der Waals surface area contributed by atoms with Crippen molar-refractivity contribution in [2.75, 3.05) is 119 Å². The van der Waals surface area contributed by atoms with Gasteiger partial charge < -0.3 is 33.3 Å². The average molecular weight is 505 g/mol. The number of ether oxygens (including phenoxy) is 6. The van der Waals surface area contributed by atoms with Crippen molar-refractivity contribution in [2.24, 2.45) is 11.8 Å². The van der Waals surface area contributed by atoms with Crippen LogP contribution in [-0.2, 0) is 28.4 Å². The Bertz CT molecular complexity index is 434. The van der Waals surface area contributed by atoms with Crippen LogP contribution in [0, 0.1) is 11.8 Å². The summed E-state index contributed by atoms with van der Waals surface area (Å²) in [6.45, 7) is 23.5. The van der Waals surface area contributed by atoms with E-state index in [2.05, 4.69) is 37.5 Å². The highest BCUT2D eigenvalue weighted by Crippen LogP contribution is 2.07. The maximum absolute atomic E-state index is 5.72. The summed E-state index contributed by atoms with van der Waals surface area (Å²) >= 11 is 0. The molecule has 1 saturated heterocycles. The minimum absolute atomic E-state index is 0.573. The number of rotatable bonds is 25. The van der Waals surface area contributed by atoms with Gasteiger partial charge in [-0.25, -0.2) is 0 Å². The first-order valence-corrected chi connectivity index (χ1v) is 14.0. The molecular weight excluding hydrogens is 448 g/mol. The van der Waals surface area contributed by atoms with E-state index in [-0.39, 0.29) is 0 Å². The molecule has 8 heteroatoms. The van der Waals surface area contributed by atoms with Crippen LogP contribution in [0.2, 0.25) is 0 Å². The van der Waals surface area contributed by atoms with E-state index >= 15 is 0 Å². The summed E-state index contributed by atoms with van der Waals surface area (Å²) in [6.07, 6.45) is 3.76. The highest BCUT2D eigenvalue weighted by Gasteiger charge is 2.16. The molecule has 0 bridgehead atoms. The molecule has 1 fully saturated rings. The summed E-state index contributed by atoms with van der Waals surface area (Å²) in [5.41, 5.74) is 0. The first-order chi connectivity index (χ1) is 17.1. The maximum Gasteiger partial charge on any atom is 0.0701 e. The Morgan fingerprint density at radius 3 is 1.17 bits per heavy atom. The van der Waals surface area contributed by atoms with Gasteiger partial charge in [0.25, 0.3) is 0 Å². The standard InChI is InChI=1S/C27H56N2O6/c1-26(2)6-5-8-28-9-11-29(12-10-28)13-15-31-17-19-33-21-23-35-25-24-34-22-20-32-18-16-30-14-7-27(3)4/h26-27H,5-25H2,1-4H3. The molecule has 0 aromatic rings. The summed E-state index contributed by atoms with van der Waals surface area (Å²) in [6, 6.07) is 0. The zero-order valence-electron chi connectivity index (χ0n) is 23.3. The van der Waals surface area contributed by atoms with Gasteiger partial charge in [-0.15, -0.1) is 0 Å². The highest BCUT2D eigenvalue weighted by atomic mass is 16.6. The lowest BCUT2D eigenvalue weighted by Gasteiger charge is -2.34. The average Bonchev–Trinajstić information content (AvgIpc) is 2.83. The maximum atomic E-state index is 5.72. The molecule has 0 amide bonds. The topological polar surface area (TPSA) is 61.9 Å². The predicted octanol–water partition coefficient (Wildman–Crippen LogP) is 3.19. The molecule has 0 atom stereocenters. The first-order valence-electron chi connectivity index (χ1n) is 14.0. The van der Waals surface area contributed by atoms with Crippen molar-refractivity contribution >= 4 is 0 Å². The molecule has 1 aliphatic heterocycles. The van der Waals surface area contributed by atoms with E-state index in [9.17, 15) is 0 Å². The van der Waals surface area contributed by atoms with Gasteiger partial charge in [-0.05, 0) is 37.6 Å². The molecule has 0 aliphatic carbocycles. The smallest absolute Gasteiger partial charge is 0.0701 e. The Balaban J connectivity index is 1.71. The van der Waals surface area contributed by atoms with Gasteiger partial charge >= 0.3 is 0 Å². The molecule has 0 unspecified atom stereocenters. The van der Waals surface area contributed by atoms with Crippen LogP contribution in [-0.4, -0.2) is 128 Å². The zero-order valence-corrected chi connectivity index (χ0v) is 23.3. The summed E-state index contributed by atoms with van der Waals surface area (Å²) in [5.74, 6) is 1.50. The molecule has 1 aliphatic rings. The summed E-state index contributed by atoms with van der Waals surface area (Å²) in [7, 11) is 0. The Morgan fingerprint density at radius 1 is 0.429 bits per heavy atom. The minimum Gasteiger partial charge on any atom is -0.379 e. The minimum atomic E-state index is 0.573. The van der Waals surface area contributed by atoms with Crippen LogP contribution in [0.25, 0.3) is 0 Å². The fraction of sp³-hybridized carbons (Fsp3) is 1.00. The molecule has 8 nitrogen and oxygen atoms in total. The molecule has 0 aromatic heterocycles. The van der Waals surface area contributed by atoms with E-state index < -0.39 is 0 Å². The molecular formula is C27H56N2O6. The van der Waals surface area contributed by atoms with Crippen molar-refractivity contribution in [3.8, 4) is 0 Å². The van der Waals surface area contributed by atoms with Gasteiger partial charge in [0.15, 0.2) is 0 Å². The lowest BCUT2D eigenvalue weighted by molar-refractivity contribution is -0.0182. The van der Waals surface area contributed by atoms with Gasteiger partial charge in [0.1, 0.15) is 0 Å². The third-order valence-electron chi connectivity index (χ3n) is 5.97. The monoisotopic (exact) mass is 504 g/mol. The van der Waals surface area contributed by atoms with E-state index in [4.69, 9.17) is 28.4 Å². The SMILES string of the molecule is CC(C)CCCN1CCN(CCOCCOCCOCCOCCOCCOCCC(C)C)CC1. The van der Waals surface area contributed by atoms with Crippen molar-refractivity contribution in [3.63, 3.8) is 0 Å². The zero-order chi connectivity index (χ0) is 25.4. The molecule has 0 saturated carbocycles. The van der Waals surface area contributed by atoms with E-state index in [1.807, 2.05) is 0 Å². The fourth-order valence-electron chi connectivity index (χ4n) is 3.67. The van der Waals surface area contributed by atoms with Gasteiger partial charge in [0.2, 0.25) is 0 Å².